The smallest absolute Gasteiger partial charge is 0.254 e. The quantitative estimate of drug-likeness (QED) is 0.479. The highest BCUT2D eigenvalue weighted by atomic mass is 35.5. The molecule has 2 aliphatic carbocycles. The molecular weight excluding hydrogens is 428 g/mol. The molecule has 0 atom stereocenters. The van der Waals surface area contributed by atoms with E-state index in [0.29, 0.717) is 5.02 Å². The molecule has 0 unspecified atom stereocenters. The van der Waals surface area contributed by atoms with Crippen LogP contribution in [0.5, 0.6) is 5.75 Å². The van der Waals surface area contributed by atoms with Crippen molar-refractivity contribution in [3.05, 3.63) is 44.8 Å². The lowest BCUT2D eigenvalue weighted by atomic mass is 9.93. The first-order valence-corrected chi connectivity index (χ1v) is 12.7. The number of amides is 1. The Balaban J connectivity index is 1.65. The van der Waals surface area contributed by atoms with Crippen molar-refractivity contribution < 1.29 is 9.53 Å². The second-order valence-corrected chi connectivity index (χ2v) is 10.3. The predicted molar refractivity (Wildman–Crippen MR) is 130 cm³/mol. The van der Waals surface area contributed by atoms with Crippen LogP contribution in [0.3, 0.4) is 0 Å². The second kappa shape index (κ2) is 10.2. The van der Waals surface area contributed by atoms with Crippen molar-refractivity contribution in [2.75, 3.05) is 0 Å². The van der Waals surface area contributed by atoms with Gasteiger partial charge in [-0.25, -0.2) is 4.99 Å². The standard InChI is InChI=1S/C25H31ClN2O2S/c1-16(2)30-21-13-12-18(26)14-17(21)15-27-25-23(20-10-6-7-11-22(20)31-25)24(29)28-19-8-4-3-5-9-19/h12-16,19H,3-11H2,1-2H3,(H,28,29). The fraction of sp³-hybridized carbons (Fsp3) is 0.520. The number of hydrogen-bond acceptors (Lipinski definition) is 4. The van der Waals surface area contributed by atoms with Gasteiger partial charge < -0.3 is 10.1 Å². The molecule has 2 aliphatic rings. The van der Waals surface area contributed by atoms with Crippen LogP contribution >= 0.6 is 22.9 Å². The maximum Gasteiger partial charge on any atom is 0.254 e. The fourth-order valence-electron chi connectivity index (χ4n) is 4.49. The number of aliphatic imine (C=N–C) groups is 1. The van der Waals surface area contributed by atoms with E-state index >= 15 is 0 Å². The Morgan fingerprint density at radius 1 is 1.19 bits per heavy atom. The van der Waals surface area contributed by atoms with E-state index in [1.54, 1.807) is 17.6 Å². The summed E-state index contributed by atoms with van der Waals surface area (Å²) in [5, 5.41) is 4.74. The van der Waals surface area contributed by atoms with E-state index < -0.39 is 0 Å². The van der Waals surface area contributed by atoms with E-state index in [0.717, 1.165) is 54.0 Å². The lowest BCUT2D eigenvalue weighted by Gasteiger charge is -2.23. The lowest BCUT2D eigenvalue weighted by Crippen LogP contribution is -2.36. The number of fused-ring (bicyclic) bond motifs is 1. The molecule has 0 saturated heterocycles. The van der Waals surface area contributed by atoms with Crippen LogP contribution in [0.15, 0.2) is 23.2 Å². The summed E-state index contributed by atoms with van der Waals surface area (Å²) in [6.45, 7) is 3.99. The average Bonchev–Trinajstić information content (AvgIpc) is 3.13. The van der Waals surface area contributed by atoms with Crippen molar-refractivity contribution in [1.82, 2.24) is 5.32 Å². The lowest BCUT2D eigenvalue weighted by molar-refractivity contribution is 0.0927. The molecular formula is C25H31ClN2O2S. The third-order valence-corrected chi connectivity index (χ3v) is 7.41. The SMILES string of the molecule is CC(C)Oc1ccc(Cl)cc1C=Nc1sc2c(c1C(=O)NC1CCCCC1)CCCC2. The normalized spacial score (nSPS) is 17.2. The van der Waals surface area contributed by atoms with Crippen LogP contribution in [-0.2, 0) is 12.8 Å². The summed E-state index contributed by atoms with van der Waals surface area (Å²) < 4.78 is 5.92. The molecule has 1 fully saturated rings. The van der Waals surface area contributed by atoms with Gasteiger partial charge in [-0.05, 0) is 76.1 Å². The van der Waals surface area contributed by atoms with Gasteiger partial charge in [-0.1, -0.05) is 30.9 Å². The first-order valence-electron chi connectivity index (χ1n) is 11.5. The minimum atomic E-state index is 0.0446. The number of carbonyl (C=O) groups excluding carboxylic acids is 1. The molecule has 1 amide bonds. The molecule has 1 aromatic carbocycles. The third-order valence-electron chi connectivity index (χ3n) is 5.98. The number of nitrogens with one attached hydrogen (secondary N) is 1. The van der Waals surface area contributed by atoms with Crippen LogP contribution in [0.4, 0.5) is 5.00 Å². The van der Waals surface area contributed by atoms with Crippen LogP contribution in [0.2, 0.25) is 5.02 Å². The molecule has 6 heteroatoms. The van der Waals surface area contributed by atoms with E-state index in [1.165, 1.54) is 36.1 Å². The molecule has 4 rings (SSSR count). The number of halogens is 1. The highest BCUT2D eigenvalue weighted by Crippen LogP contribution is 2.40. The first-order chi connectivity index (χ1) is 15.0. The molecule has 1 heterocycles. The number of carbonyl (C=O) groups is 1. The monoisotopic (exact) mass is 458 g/mol. The van der Waals surface area contributed by atoms with Gasteiger partial charge in [0.25, 0.3) is 5.91 Å². The van der Waals surface area contributed by atoms with E-state index in [9.17, 15) is 4.79 Å². The molecule has 1 saturated carbocycles. The fourth-order valence-corrected chi connectivity index (χ4v) is 5.90. The predicted octanol–water partition coefficient (Wildman–Crippen LogP) is 6.88. The van der Waals surface area contributed by atoms with E-state index in [-0.39, 0.29) is 18.1 Å². The number of hydrogen-bond donors (Lipinski definition) is 1. The zero-order valence-electron chi connectivity index (χ0n) is 18.4. The molecule has 1 N–H and O–H groups in total. The minimum Gasteiger partial charge on any atom is -0.490 e. The molecule has 0 bridgehead atoms. The van der Waals surface area contributed by atoms with Crippen molar-refractivity contribution in [3.8, 4) is 5.75 Å². The highest BCUT2D eigenvalue weighted by Gasteiger charge is 2.27. The summed E-state index contributed by atoms with van der Waals surface area (Å²) in [5.41, 5.74) is 2.82. The first kappa shape index (κ1) is 22.3. The Hall–Kier alpha value is -1.85. The van der Waals surface area contributed by atoms with Gasteiger partial charge in [0.05, 0.1) is 11.7 Å². The van der Waals surface area contributed by atoms with Gasteiger partial charge in [0, 0.05) is 27.7 Å². The summed E-state index contributed by atoms with van der Waals surface area (Å²) in [6.07, 6.45) is 12.0. The number of thiophene rings is 1. The van der Waals surface area contributed by atoms with Crippen LogP contribution in [0.1, 0.15) is 85.2 Å². The van der Waals surface area contributed by atoms with Gasteiger partial charge in [0.2, 0.25) is 0 Å². The molecule has 31 heavy (non-hydrogen) atoms. The van der Waals surface area contributed by atoms with Gasteiger partial charge >= 0.3 is 0 Å². The number of aryl methyl sites for hydroxylation is 1. The number of benzene rings is 1. The van der Waals surface area contributed by atoms with Crippen LogP contribution in [-0.4, -0.2) is 24.3 Å². The number of rotatable bonds is 6. The van der Waals surface area contributed by atoms with Gasteiger partial charge in [0.1, 0.15) is 10.8 Å². The summed E-state index contributed by atoms with van der Waals surface area (Å²) in [7, 11) is 0. The molecule has 1 aromatic heterocycles. The average molecular weight is 459 g/mol. The summed E-state index contributed by atoms with van der Waals surface area (Å²) in [6, 6.07) is 5.85. The zero-order chi connectivity index (χ0) is 21.8. The van der Waals surface area contributed by atoms with Crippen LogP contribution in [0, 0.1) is 0 Å². The van der Waals surface area contributed by atoms with E-state index in [1.807, 2.05) is 32.0 Å². The molecule has 0 aliphatic heterocycles. The Morgan fingerprint density at radius 2 is 1.97 bits per heavy atom. The van der Waals surface area contributed by atoms with Gasteiger partial charge in [-0.3, -0.25) is 4.79 Å². The summed E-state index contributed by atoms with van der Waals surface area (Å²) in [5.74, 6) is 0.792. The van der Waals surface area contributed by atoms with Crippen molar-refractivity contribution in [2.45, 2.75) is 83.8 Å². The van der Waals surface area contributed by atoms with Crippen molar-refractivity contribution in [2.24, 2.45) is 4.99 Å². The largest absolute Gasteiger partial charge is 0.490 e. The van der Waals surface area contributed by atoms with Gasteiger partial charge in [-0.15, -0.1) is 11.3 Å². The molecule has 0 spiro atoms. The Morgan fingerprint density at radius 3 is 2.74 bits per heavy atom. The highest BCUT2D eigenvalue weighted by molar-refractivity contribution is 7.16. The van der Waals surface area contributed by atoms with Crippen LogP contribution in [0.25, 0.3) is 0 Å². The van der Waals surface area contributed by atoms with Gasteiger partial charge in [-0.2, -0.15) is 0 Å². The second-order valence-electron chi connectivity index (χ2n) is 8.81. The van der Waals surface area contributed by atoms with E-state index in [2.05, 4.69) is 5.32 Å². The minimum absolute atomic E-state index is 0.0446. The number of ether oxygens (including phenoxy) is 1. The maximum atomic E-state index is 13.3. The molecule has 4 nitrogen and oxygen atoms in total. The van der Waals surface area contributed by atoms with Crippen molar-refractivity contribution in [3.63, 3.8) is 0 Å². The Labute approximate surface area is 194 Å². The van der Waals surface area contributed by atoms with Crippen molar-refractivity contribution in [1.29, 1.82) is 0 Å². The molecule has 166 valence electrons. The van der Waals surface area contributed by atoms with Gasteiger partial charge in [0.15, 0.2) is 0 Å². The van der Waals surface area contributed by atoms with E-state index in [4.69, 9.17) is 21.3 Å². The summed E-state index contributed by atoms with van der Waals surface area (Å²) >= 11 is 7.89. The molecule has 0 radical (unpaired) electrons. The Bertz CT molecular complexity index is 961. The third kappa shape index (κ3) is 5.50. The summed E-state index contributed by atoms with van der Waals surface area (Å²) in [4.78, 5) is 19.4. The Kier molecular flexibility index (Phi) is 7.34. The topological polar surface area (TPSA) is 50.7 Å². The van der Waals surface area contributed by atoms with Crippen LogP contribution < -0.4 is 10.1 Å². The van der Waals surface area contributed by atoms with Crippen molar-refractivity contribution >= 4 is 40.1 Å². The zero-order valence-corrected chi connectivity index (χ0v) is 20.0. The number of nitrogens with zero attached hydrogens (tertiary/aromatic N) is 1. The molecule has 2 aromatic rings. The maximum absolute atomic E-state index is 13.3.